The number of aromatic hydroxyl groups is 1. The molecule has 39 heavy (non-hydrogen) atoms. The van der Waals surface area contributed by atoms with Gasteiger partial charge in [-0.1, -0.05) is 12.1 Å². The van der Waals surface area contributed by atoms with E-state index in [4.69, 9.17) is 14.2 Å². The lowest BCUT2D eigenvalue weighted by Crippen LogP contribution is -2.38. The van der Waals surface area contributed by atoms with Gasteiger partial charge in [0.2, 0.25) is 17.8 Å². The van der Waals surface area contributed by atoms with Crippen LogP contribution in [0.1, 0.15) is 12.5 Å². The Labute approximate surface area is 227 Å². The molecule has 12 heteroatoms. The Morgan fingerprint density at radius 2 is 1.82 bits per heavy atom. The number of aromatic nitrogens is 3. The van der Waals surface area contributed by atoms with Gasteiger partial charge < -0.3 is 39.5 Å². The van der Waals surface area contributed by atoms with E-state index in [-0.39, 0.29) is 12.2 Å². The van der Waals surface area contributed by atoms with E-state index >= 15 is 0 Å². The topological polar surface area (TPSA) is 142 Å². The fourth-order valence-electron chi connectivity index (χ4n) is 3.91. The van der Waals surface area contributed by atoms with Gasteiger partial charge in [0.15, 0.2) is 6.10 Å². The number of phenols is 1. The lowest BCUT2D eigenvalue weighted by atomic mass is 10.1. The quantitative estimate of drug-likeness (QED) is 0.275. The highest BCUT2D eigenvalue weighted by molar-refractivity contribution is 5.72. The van der Waals surface area contributed by atoms with E-state index in [0.29, 0.717) is 69.7 Å². The van der Waals surface area contributed by atoms with Gasteiger partial charge in [-0.05, 0) is 48.9 Å². The van der Waals surface area contributed by atoms with Gasteiger partial charge in [0, 0.05) is 38.9 Å². The summed E-state index contributed by atoms with van der Waals surface area (Å²) in [6.07, 6.45) is -0.580. The summed E-state index contributed by atoms with van der Waals surface area (Å²) >= 11 is 0. The molecule has 208 valence electrons. The Balaban J connectivity index is 1.39. The van der Waals surface area contributed by atoms with Crippen LogP contribution >= 0.6 is 0 Å². The number of anilines is 4. The summed E-state index contributed by atoms with van der Waals surface area (Å²) in [6.45, 7) is 5.59. The first-order valence-corrected chi connectivity index (χ1v) is 12.8. The molecule has 2 aromatic carbocycles. The summed E-state index contributed by atoms with van der Waals surface area (Å²) in [4.78, 5) is 29.2. The number of aliphatic carboxylic acids is 1. The zero-order chi connectivity index (χ0) is 27.6. The fraction of sp³-hybridized carbons (Fsp3) is 0.407. The highest BCUT2D eigenvalue weighted by atomic mass is 16.5. The largest absolute Gasteiger partial charge is 0.508 e. The molecule has 1 atom stereocenters. The second-order valence-corrected chi connectivity index (χ2v) is 8.93. The van der Waals surface area contributed by atoms with Crippen LogP contribution in [0, 0.1) is 0 Å². The standard InChI is InChI=1S/C27H34N6O6/c1-3-38-23(24(35)36)18-19-4-10-22(11-5-19)39-17-12-32(2)26-29-25(28-20-6-8-21(34)9-7-20)30-27(31-26)33-13-15-37-16-14-33/h4-11,23,34H,3,12-18H2,1-2H3,(H,35,36)(H,28,29,30,31). The van der Waals surface area contributed by atoms with Gasteiger partial charge in [0.05, 0.1) is 19.8 Å². The number of hydrogen-bond acceptors (Lipinski definition) is 11. The first kappa shape index (κ1) is 27.9. The number of carboxylic acid groups (broad SMARTS) is 1. The Kier molecular flexibility index (Phi) is 9.70. The fourth-order valence-corrected chi connectivity index (χ4v) is 3.91. The number of benzene rings is 2. The van der Waals surface area contributed by atoms with Crippen LogP contribution in [-0.2, 0) is 20.7 Å². The molecular weight excluding hydrogens is 504 g/mol. The maximum absolute atomic E-state index is 11.3. The van der Waals surface area contributed by atoms with E-state index in [1.54, 1.807) is 31.2 Å². The highest BCUT2D eigenvalue weighted by Gasteiger charge is 2.19. The van der Waals surface area contributed by atoms with Crippen LogP contribution in [0.3, 0.4) is 0 Å². The minimum absolute atomic E-state index is 0.176. The zero-order valence-corrected chi connectivity index (χ0v) is 22.1. The molecule has 1 saturated heterocycles. The molecule has 1 aliphatic heterocycles. The van der Waals surface area contributed by atoms with Crippen LogP contribution in [0.5, 0.6) is 11.5 Å². The SMILES string of the molecule is CCOC(Cc1ccc(OCCN(C)c2nc(Nc3ccc(O)cc3)nc(N3CCOCC3)n2)cc1)C(=O)O. The third-order valence-corrected chi connectivity index (χ3v) is 6.05. The first-order valence-electron chi connectivity index (χ1n) is 12.8. The van der Waals surface area contributed by atoms with Crippen molar-refractivity contribution in [3.8, 4) is 11.5 Å². The second-order valence-electron chi connectivity index (χ2n) is 8.93. The Bertz CT molecular complexity index is 1200. The lowest BCUT2D eigenvalue weighted by Gasteiger charge is -2.28. The molecule has 1 fully saturated rings. The number of likely N-dealkylation sites (N-methyl/N-ethyl adjacent to an activating group) is 1. The molecule has 0 amide bonds. The molecule has 0 aliphatic carbocycles. The Morgan fingerprint density at radius 3 is 2.49 bits per heavy atom. The Morgan fingerprint density at radius 1 is 1.10 bits per heavy atom. The molecule has 4 rings (SSSR count). The van der Waals surface area contributed by atoms with Gasteiger partial charge in [-0.25, -0.2) is 4.79 Å². The number of rotatable bonds is 13. The van der Waals surface area contributed by atoms with Crippen molar-refractivity contribution in [1.82, 2.24) is 15.0 Å². The Hall–Kier alpha value is -4.16. The predicted molar refractivity (Wildman–Crippen MR) is 146 cm³/mol. The molecule has 1 aromatic heterocycles. The van der Waals surface area contributed by atoms with E-state index in [1.807, 2.05) is 36.2 Å². The monoisotopic (exact) mass is 538 g/mol. The van der Waals surface area contributed by atoms with Gasteiger partial charge in [-0.15, -0.1) is 0 Å². The summed E-state index contributed by atoms with van der Waals surface area (Å²) in [6, 6.07) is 14.0. The number of morpholine rings is 1. The first-order chi connectivity index (χ1) is 18.9. The van der Waals surface area contributed by atoms with Crippen LogP contribution in [0.4, 0.5) is 23.5 Å². The lowest BCUT2D eigenvalue weighted by molar-refractivity contribution is -0.149. The third kappa shape index (κ3) is 8.16. The molecule has 3 N–H and O–H groups in total. The molecule has 0 radical (unpaired) electrons. The van der Waals surface area contributed by atoms with E-state index in [0.717, 1.165) is 11.3 Å². The van der Waals surface area contributed by atoms with Crippen molar-refractivity contribution in [2.75, 3.05) is 68.2 Å². The molecule has 0 saturated carbocycles. The van der Waals surface area contributed by atoms with E-state index < -0.39 is 12.1 Å². The van der Waals surface area contributed by atoms with Crippen LogP contribution in [0.25, 0.3) is 0 Å². The number of carbonyl (C=O) groups is 1. The van der Waals surface area contributed by atoms with Crippen LogP contribution < -0.4 is 19.9 Å². The average molecular weight is 539 g/mol. The van der Waals surface area contributed by atoms with Crippen molar-refractivity contribution in [3.63, 3.8) is 0 Å². The van der Waals surface area contributed by atoms with Crippen LogP contribution in [0.15, 0.2) is 48.5 Å². The van der Waals surface area contributed by atoms with Crippen LogP contribution in [-0.4, -0.2) is 90.3 Å². The van der Waals surface area contributed by atoms with Gasteiger partial charge in [0.25, 0.3) is 0 Å². The number of nitrogens with one attached hydrogen (secondary N) is 1. The molecular formula is C27H34N6O6. The van der Waals surface area contributed by atoms with Gasteiger partial charge in [-0.2, -0.15) is 15.0 Å². The molecule has 12 nitrogen and oxygen atoms in total. The highest BCUT2D eigenvalue weighted by Crippen LogP contribution is 2.22. The van der Waals surface area contributed by atoms with Gasteiger partial charge in [0.1, 0.15) is 18.1 Å². The van der Waals surface area contributed by atoms with Crippen molar-refractivity contribution in [3.05, 3.63) is 54.1 Å². The summed E-state index contributed by atoms with van der Waals surface area (Å²) in [5, 5.41) is 22.0. The van der Waals surface area contributed by atoms with Crippen molar-refractivity contribution >= 4 is 29.5 Å². The van der Waals surface area contributed by atoms with Crippen LogP contribution in [0.2, 0.25) is 0 Å². The van der Waals surface area contributed by atoms with E-state index in [1.165, 1.54) is 0 Å². The van der Waals surface area contributed by atoms with Crippen molar-refractivity contribution in [1.29, 1.82) is 0 Å². The number of carboxylic acids is 1. The molecule has 3 aromatic rings. The second kappa shape index (κ2) is 13.6. The maximum atomic E-state index is 11.3. The third-order valence-electron chi connectivity index (χ3n) is 6.05. The minimum atomic E-state index is -0.975. The summed E-state index contributed by atoms with van der Waals surface area (Å²) in [5.41, 5.74) is 1.60. The number of nitrogens with zero attached hydrogens (tertiary/aromatic N) is 5. The molecule has 0 bridgehead atoms. The average Bonchev–Trinajstić information content (AvgIpc) is 2.95. The van der Waals surface area contributed by atoms with Crippen molar-refractivity contribution in [2.45, 2.75) is 19.4 Å². The normalized spacial score (nSPS) is 14.1. The molecule has 1 unspecified atom stereocenters. The number of ether oxygens (including phenoxy) is 3. The van der Waals surface area contributed by atoms with E-state index in [9.17, 15) is 15.0 Å². The van der Waals surface area contributed by atoms with E-state index in [2.05, 4.69) is 25.2 Å². The van der Waals surface area contributed by atoms with Crippen molar-refractivity contribution in [2.24, 2.45) is 0 Å². The van der Waals surface area contributed by atoms with Gasteiger partial charge in [-0.3, -0.25) is 0 Å². The smallest absolute Gasteiger partial charge is 0.333 e. The summed E-state index contributed by atoms with van der Waals surface area (Å²) < 4.78 is 16.7. The zero-order valence-electron chi connectivity index (χ0n) is 22.1. The maximum Gasteiger partial charge on any atom is 0.333 e. The predicted octanol–water partition coefficient (Wildman–Crippen LogP) is 2.70. The summed E-state index contributed by atoms with van der Waals surface area (Å²) in [7, 11) is 1.88. The number of phenolic OH excluding ortho intramolecular Hbond substituents is 1. The molecule has 1 aliphatic rings. The minimum Gasteiger partial charge on any atom is -0.508 e. The van der Waals surface area contributed by atoms with Crippen molar-refractivity contribution < 1.29 is 29.2 Å². The van der Waals surface area contributed by atoms with Gasteiger partial charge >= 0.3 is 5.97 Å². The number of hydrogen-bond donors (Lipinski definition) is 3. The molecule has 0 spiro atoms. The summed E-state index contributed by atoms with van der Waals surface area (Å²) in [5.74, 6) is 1.31. The molecule has 2 heterocycles.